The second kappa shape index (κ2) is 15.0. The maximum absolute atomic E-state index is 15.4. The van der Waals surface area contributed by atoms with Crippen LogP contribution in [0.25, 0.3) is 0 Å². The van der Waals surface area contributed by atoms with E-state index in [2.05, 4.69) is 11.6 Å². The first-order chi connectivity index (χ1) is 25.1. The standard InChI is InChI=1S/C24BF20.C7H9N2/c26-5-1(6(27)14(35)21(42)13(5)34)25(2-7(28)15(36)22(43)16(37)8(2)29,3-9(30)17(38)23(44)18(39)10(3)31)4-11(32)19(40)24(45)20(41)12(4)33;1-2-5-9-6-3-8-4-7-9/h;2-4,6-7H,1,5H2/q-1;+1. The molecule has 0 saturated carbocycles. The third-order valence-electron chi connectivity index (χ3n) is 7.74. The highest BCUT2D eigenvalue weighted by Crippen LogP contribution is 2.30. The number of halogens is 20. The van der Waals surface area contributed by atoms with Gasteiger partial charge in [0.05, 0.1) is 12.4 Å². The fourth-order valence-electron chi connectivity index (χ4n) is 5.49. The van der Waals surface area contributed by atoms with Crippen molar-refractivity contribution in [2.45, 2.75) is 6.54 Å². The minimum atomic E-state index is -7.22. The van der Waals surface area contributed by atoms with Crippen LogP contribution in [0.3, 0.4) is 0 Å². The van der Waals surface area contributed by atoms with Crippen LogP contribution < -0.4 is 26.4 Å². The van der Waals surface area contributed by atoms with Gasteiger partial charge in [-0.3, -0.25) is 4.98 Å². The van der Waals surface area contributed by atoms with E-state index in [9.17, 15) is 52.7 Å². The lowest BCUT2D eigenvalue weighted by atomic mass is 9.12. The Labute approximate surface area is 286 Å². The van der Waals surface area contributed by atoms with Crippen molar-refractivity contribution in [3.8, 4) is 0 Å². The van der Waals surface area contributed by atoms with E-state index in [0.717, 1.165) is 6.54 Å². The molecule has 5 aromatic rings. The highest BCUT2D eigenvalue weighted by atomic mass is 19.2. The van der Waals surface area contributed by atoms with E-state index in [4.69, 9.17) is 0 Å². The number of allylic oxidation sites excluding steroid dienone is 1. The van der Waals surface area contributed by atoms with Gasteiger partial charge in [0.25, 0.3) is 0 Å². The summed E-state index contributed by atoms with van der Waals surface area (Å²) >= 11 is 0. The van der Waals surface area contributed by atoms with Crippen molar-refractivity contribution in [2.75, 3.05) is 0 Å². The van der Waals surface area contributed by atoms with Gasteiger partial charge in [0.2, 0.25) is 0 Å². The van der Waals surface area contributed by atoms with E-state index >= 15 is 35.1 Å². The first kappa shape index (κ1) is 41.1. The molecule has 0 aliphatic rings. The summed E-state index contributed by atoms with van der Waals surface area (Å²) < 4.78 is 296. The highest BCUT2D eigenvalue weighted by molar-refractivity contribution is 7.20. The van der Waals surface area contributed by atoms with Gasteiger partial charge in [-0.2, -0.15) is 4.57 Å². The molecule has 5 rings (SSSR count). The van der Waals surface area contributed by atoms with Gasteiger partial charge < -0.3 is 0 Å². The van der Waals surface area contributed by atoms with Crippen molar-refractivity contribution in [3.63, 3.8) is 0 Å². The Hall–Kier alpha value is -5.64. The van der Waals surface area contributed by atoms with Crippen molar-refractivity contribution in [1.82, 2.24) is 4.98 Å². The van der Waals surface area contributed by atoms with Gasteiger partial charge in [0, 0.05) is 0 Å². The Balaban J connectivity index is 0.000000631. The molecular weight excluding hydrogens is 791 g/mol. The molecule has 0 atom stereocenters. The molecule has 1 heterocycles. The molecule has 0 fully saturated rings. The van der Waals surface area contributed by atoms with Crippen LogP contribution in [-0.2, 0) is 6.54 Å². The Morgan fingerprint density at radius 2 is 0.556 bits per heavy atom. The Kier molecular flexibility index (Phi) is 11.4. The minimum absolute atomic E-state index is 0.850. The van der Waals surface area contributed by atoms with E-state index < -0.39 is 144 Å². The summed E-state index contributed by atoms with van der Waals surface area (Å²) in [7, 11) is 0. The van der Waals surface area contributed by atoms with Gasteiger partial charge in [-0.15, -0.1) is 21.9 Å². The third-order valence-corrected chi connectivity index (χ3v) is 7.74. The zero-order chi connectivity index (χ0) is 40.9. The Bertz CT molecular complexity index is 1950. The van der Waals surface area contributed by atoms with Gasteiger partial charge in [-0.25, -0.2) is 87.8 Å². The maximum Gasteiger partial charge on any atom is 0.200 e. The van der Waals surface area contributed by atoms with Crippen LogP contribution in [0.4, 0.5) is 87.8 Å². The quantitative estimate of drug-likeness (QED) is 0.0486. The number of rotatable bonds is 6. The first-order valence-corrected chi connectivity index (χ1v) is 13.8. The molecular formula is C31H9BF20N2. The molecule has 0 N–H and O–H groups in total. The number of hydrogen-bond donors (Lipinski definition) is 0. The van der Waals surface area contributed by atoms with Gasteiger partial charge in [0.15, 0.2) is 88.7 Å². The van der Waals surface area contributed by atoms with Gasteiger partial charge in [0.1, 0.15) is 52.7 Å². The Morgan fingerprint density at radius 3 is 0.741 bits per heavy atom. The van der Waals surface area contributed by atoms with E-state index in [1.165, 1.54) is 0 Å². The summed E-state index contributed by atoms with van der Waals surface area (Å²) in [6.07, 6.45) is 1.95. The molecule has 0 aliphatic carbocycles. The molecule has 23 heteroatoms. The van der Waals surface area contributed by atoms with Crippen LogP contribution in [0, 0.1) is 116 Å². The van der Waals surface area contributed by atoms with Crippen LogP contribution in [0.2, 0.25) is 0 Å². The summed E-state index contributed by atoms with van der Waals surface area (Å²) in [6, 6.07) is 0. The number of benzene rings is 4. The predicted octanol–water partition coefficient (Wildman–Crippen LogP) is 6.40. The van der Waals surface area contributed by atoms with Gasteiger partial charge in [-0.05, 0) is 6.08 Å². The molecule has 0 radical (unpaired) electrons. The predicted molar refractivity (Wildman–Crippen MR) is 144 cm³/mol. The summed E-state index contributed by atoms with van der Waals surface area (Å²) in [5.41, 5.74) is -14.3. The molecule has 0 unspecified atom stereocenters. The molecule has 0 saturated heterocycles. The van der Waals surface area contributed by atoms with E-state index in [-0.39, 0.29) is 0 Å². The topological polar surface area (TPSA) is 16.8 Å². The molecule has 0 spiro atoms. The van der Waals surface area contributed by atoms with Crippen LogP contribution in [0.5, 0.6) is 0 Å². The highest BCUT2D eigenvalue weighted by Gasteiger charge is 2.52. The number of nitrogens with zero attached hydrogens (tertiary/aromatic N) is 2. The van der Waals surface area contributed by atoms with Crippen molar-refractivity contribution >= 4 is 28.0 Å². The zero-order valence-corrected chi connectivity index (χ0v) is 25.3. The fourth-order valence-corrected chi connectivity index (χ4v) is 5.49. The first-order valence-electron chi connectivity index (χ1n) is 13.8. The van der Waals surface area contributed by atoms with Crippen molar-refractivity contribution in [3.05, 3.63) is 154 Å². The largest absolute Gasteiger partial charge is 0.252 e. The molecule has 1 aromatic heterocycles. The van der Waals surface area contributed by atoms with Gasteiger partial charge in [-0.1, -0.05) is 6.58 Å². The van der Waals surface area contributed by atoms with E-state index in [0.29, 0.717) is 0 Å². The van der Waals surface area contributed by atoms with Crippen molar-refractivity contribution < 1.29 is 92.4 Å². The summed E-state index contributed by atoms with van der Waals surface area (Å²) in [6.45, 7) is 4.46. The van der Waals surface area contributed by atoms with Crippen molar-refractivity contribution in [1.29, 1.82) is 0 Å². The third kappa shape index (κ3) is 6.07. The molecule has 0 amide bonds. The van der Waals surface area contributed by atoms with E-state index in [1.54, 1.807) is 12.4 Å². The number of hydrogen-bond acceptors (Lipinski definition) is 1. The fraction of sp³-hybridized carbons (Fsp3) is 0.0323. The second-order valence-corrected chi connectivity index (χ2v) is 10.5. The van der Waals surface area contributed by atoms with Crippen LogP contribution in [0.1, 0.15) is 0 Å². The molecule has 2 nitrogen and oxygen atoms in total. The monoisotopic (exact) mass is 800 g/mol. The maximum atomic E-state index is 15.4. The summed E-state index contributed by atoms with van der Waals surface area (Å²) in [5.74, 6) is -71.4. The lowest BCUT2D eigenvalue weighted by Crippen LogP contribution is -2.81. The lowest BCUT2D eigenvalue weighted by molar-refractivity contribution is -0.687. The van der Waals surface area contributed by atoms with Gasteiger partial charge >= 0.3 is 0 Å². The molecule has 54 heavy (non-hydrogen) atoms. The molecule has 4 aromatic carbocycles. The van der Waals surface area contributed by atoms with Crippen LogP contribution in [-0.4, -0.2) is 11.1 Å². The number of aromatic nitrogens is 2. The van der Waals surface area contributed by atoms with Crippen LogP contribution in [0.15, 0.2) is 37.4 Å². The average Bonchev–Trinajstić information content (AvgIpc) is 3.15. The molecule has 0 bridgehead atoms. The molecule has 0 aliphatic heterocycles. The van der Waals surface area contributed by atoms with Crippen LogP contribution >= 0.6 is 0 Å². The average molecular weight is 800 g/mol. The SMILES string of the molecule is C=CC[n+]1ccncc1.Fc1c(F)c(F)c([B-](c2c(F)c(F)c(F)c(F)c2F)(c2c(F)c(F)c(F)c(F)c2F)c2c(F)c(F)c(F)c(F)c2F)c(F)c1F. The zero-order valence-electron chi connectivity index (χ0n) is 25.3. The summed E-state index contributed by atoms with van der Waals surface area (Å²) in [5, 5.41) is 0. The minimum Gasteiger partial charge on any atom is -0.252 e. The second-order valence-electron chi connectivity index (χ2n) is 10.5. The van der Waals surface area contributed by atoms with Crippen molar-refractivity contribution in [2.24, 2.45) is 0 Å². The normalized spacial score (nSPS) is 11.5. The molecule has 286 valence electrons. The lowest BCUT2D eigenvalue weighted by Gasteiger charge is -2.44. The smallest absolute Gasteiger partial charge is 0.200 e. The van der Waals surface area contributed by atoms with E-state index in [1.807, 2.05) is 23.0 Å². The Morgan fingerprint density at radius 1 is 0.370 bits per heavy atom. The summed E-state index contributed by atoms with van der Waals surface area (Å²) in [4.78, 5) is 3.87.